The molecule has 3 rings (SSSR count). The number of amides is 2. The molecule has 0 spiro atoms. The molecule has 2 N–H and O–H groups in total. The second kappa shape index (κ2) is 12.1. The van der Waals surface area contributed by atoms with Crippen molar-refractivity contribution < 1.29 is 14.3 Å². The van der Waals surface area contributed by atoms with Crippen LogP contribution in [0, 0.1) is 0 Å². The zero-order valence-electron chi connectivity index (χ0n) is 18.1. The predicted octanol–water partition coefficient (Wildman–Crippen LogP) is 6.15. The summed E-state index contributed by atoms with van der Waals surface area (Å²) in [5.74, 6) is -0.0981. The summed E-state index contributed by atoms with van der Waals surface area (Å²) in [7, 11) is 0. The van der Waals surface area contributed by atoms with Gasteiger partial charge in [0.05, 0.1) is 11.1 Å². The van der Waals surface area contributed by atoms with Crippen molar-refractivity contribution in [2.45, 2.75) is 32.6 Å². The van der Waals surface area contributed by atoms with Crippen molar-refractivity contribution in [3.05, 3.63) is 88.4 Å². The van der Waals surface area contributed by atoms with Gasteiger partial charge in [-0.15, -0.1) is 0 Å². The van der Waals surface area contributed by atoms with Gasteiger partial charge in [0.15, 0.2) is 0 Å². The van der Waals surface area contributed by atoms with Gasteiger partial charge >= 0.3 is 0 Å². The van der Waals surface area contributed by atoms with Crippen molar-refractivity contribution in [2.24, 2.45) is 0 Å². The van der Waals surface area contributed by atoms with Crippen molar-refractivity contribution in [3.63, 3.8) is 0 Å². The Bertz CT molecular complexity index is 1040. The van der Waals surface area contributed by atoms with Crippen molar-refractivity contribution >= 4 is 27.7 Å². The molecule has 0 radical (unpaired) electrons. The largest absolute Gasteiger partial charge is 0.492 e. The van der Waals surface area contributed by atoms with E-state index in [1.807, 2.05) is 42.5 Å². The van der Waals surface area contributed by atoms with E-state index in [2.05, 4.69) is 33.7 Å². The highest BCUT2D eigenvalue weighted by Crippen LogP contribution is 2.26. The summed E-state index contributed by atoms with van der Waals surface area (Å²) in [5.41, 5.74) is 7.88. The van der Waals surface area contributed by atoms with Gasteiger partial charge in [0, 0.05) is 11.1 Å². The van der Waals surface area contributed by atoms with Crippen LogP contribution in [0.1, 0.15) is 53.3 Å². The van der Waals surface area contributed by atoms with E-state index < -0.39 is 5.91 Å². The van der Waals surface area contributed by atoms with Gasteiger partial charge in [-0.05, 0) is 63.8 Å². The summed E-state index contributed by atoms with van der Waals surface area (Å²) in [6.45, 7) is 2.81. The third kappa shape index (κ3) is 6.69. The molecule has 0 saturated carbocycles. The van der Waals surface area contributed by atoms with Crippen LogP contribution in [0.15, 0.2) is 77.3 Å². The van der Waals surface area contributed by atoms with Crippen LogP contribution >= 0.6 is 15.9 Å². The maximum absolute atomic E-state index is 12.4. The Morgan fingerprint density at radius 1 is 0.781 bits per heavy atom. The number of carbonyl (C=O) groups excluding carboxylic acids is 2. The standard InChI is InChI=1S/C26H27BrN2O3/c1-2-3-4-8-17-32-24-16-15-22(18-23(24)27)26(31)29-28-25(30)21-13-11-20(12-14-21)19-9-6-5-7-10-19/h5-7,9-16,18H,2-4,8,17H2,1H3,(H,28,30)(H,29,31). The molecule has 32 heavy (non-hydrogen) atoms. The van der Waals surface area contributed by atoms with Gasteiger partial charge in [0.1, 0.15) is 5.75 Å². The zero-order valence-corrected chi connectivity index (χ0v) is 19.7. The van der Waals surface area contributed by atoms with E-state index in [0.717, 1.165) is 24.0 Å². The Kier molecular flexibility index (Phi) is 8.87. The maximum Gasteiger partial charge on any atom is 0.269 e. The van der Waals surface area contributed by atoms with Crippen LogP contribution in [0.4, 0.5) is 0 Å². The molecule has 3 aromatic carbocycles. The fraction of sp³-hybridized carbons (Fsp3) is 0.231. The molecule has 0 aliphatic rings. The monoisotopic (exact) mass is 494 g/mol. The highest BCUT2D eigenvalue weighted by atomic mass is 79.9. The first-order valence-corrected chi connectivity index (χ1v) is 11.6. The summed E-state index contributed by atoms with van der Waals surface area (Å²) >= 11 is 3.45. The SMILES string of the molecule is CCCCCCOc1ccc(C(=O)NNC(=O)c2ccc(-c3ccccc3)cc2)cc1Br. The number of ether oxygens (including phenoxy) is 1. The first kappa shape index (κ1) is 23.5. The Labute approximate surface area is 197 Å². The second-order valence-electron chi connectivity index (χ2n) is 7.41. The number of unbranched alkanes of at least 4 members (excludes halogenated alkanes) is 3. The Hall–Kier alpha value is -3.12. The molecule has 3 aromatic rings. The van der Waals surface area contributed by atoms with E-state index >= 15 is 0 Å². The zero-order chi connectivity index (χ0) is 22.8. The van der Waals surface area contributed by atoms with Crippen LogP contribution in [0.5, 0.6) is 5.75 Å². The molecule has 0 aliphatic carbocycles. The molecule has 0 aliphatic heterocycles. The minimum absolute atomic E-state index is 0.385. The van der Waals surface area contributed by atoms with Gasteiger partial charge in [-0.25, -0.2) is 0 Å². The lowest BCUT2D eigenvalue weighted by Gasteiger charge is -2.11. The van der Waals surface area contributed by atoms with E-state index in [1.54, 1.807) is 30.3 Å². The van der Waals surface area contributed by atoms with Gasteiger partial charge in [0.2, 0.25) is 0 Å². The quantitative estimate of drug-likeness (QED) is 0.276. The third-order valence-electron chi connectivity index (χ3n) is 4.99. The van der Waals surface area contributed by atoms with Crippen LogP contribution in [0.25, 0.3) is 11.1 Å². The number of benzene rings is 3. The number of rotatable bonds is 9. The topological polar surface area (TPSA) is 67.4 Å². The number of nitrogens with one attached hydrogen (secondary N) is 2. The van der Waals surface area contributed by atoms with E-state index in [-0.39, 0.29) is 5.91 Å². The smallest absolute Gasteiger partial charge is 0.269 e. The van der Waals surface area contributed by atoms with Crippen molar-refractivity contribution in [2.75, 3.05) is 6.61 Å². The van der Waals surface area contributed by atoms with Crippen molar-refractivity contribution in [1.82, 2.24) is 10.9 Å². The van der Waals surface area contributed by atoms with Crippen LogP contribution in [-0.4, -0.2) is 18.4 Å². The summed E-state index contributed by atoms with van der Waals surface area (Å²) in [6, 6.07) is 22.2. The fourth-order valence-electron chi connectivity index (χ4n) is 3.17. The molecule has 6 heteroatoms. The molecule has 0 bridgehead atoms. The molecule has 0 atom stereocenters. The normalized spacial score (nSPS) is 10.4. The number of halogens is 1. The molecule has 0 heterocycles. The molecule has 0 unspecified atom stereocenters. The molecular formula is C26H27BrN2O3. The molecule has 2 amide bonds. The summed E-state index contributed by atoms with van der Waals surface area (Å²) in [4.78, 5) is 24.8. The van der Waals surface area contributed by atoms with Gasteiger partial charge < -0.3 is 4.74 Å². The Morgan fingerprint density at radius 3 is 2.06 bits per heavy atom. The van der Waals surface area contributed by atoms with Gasteiger partial charge in [-0.2, -0.15) is 0 Å². The fourth-order valence-corrected chi connectivity index (χ4v) is 3.67. The molecule has 5 nitrogen and oxygen atoms in total. The second-order valence-corrected chi connectivity index (χ2v) is 8.26. The summed E-state index contributed by atoms with van der Waals surface area (Å²) in [6.07, 6.45) is 4.53. The minimum atomic E-state index is -0.408. The van der Waals surface area contributed by atoms with Crippen LogP contribution in [-0.2, 0) is 0 Å². The van der Waals surface area contributed by atoms with Gasteiger partial charge in [0.25, 0.3) is 11.8 Å². The average molecular weight is 495 g/mol. The first-order valence-electron chi connectivity index (χ1n) is 10.8. The lowest BCUT2D eigenvalue weighted by Crippen LogP contribution is -2.41. The van der Waals surface area contributed by atoms with Crippen LogP contribution in [0.3, 0.4) is 0 Å². The molecule has 0 fully saturated rings. The maximum atomic E-state index is 12.4. The lowest BCUT2D eigenvalue weighted by atomic mass is 10.0. The van der Waals surface area contributed by atoms with E-state index in [9.17, 15) is 9.59 Å². The first-order chi connectivity index (χ1) is 15.6. The molecule has 0 saturated heterocycles. The highest BCUT2D eigenvalue weighted by Gasteiger charge is 2.12. The summed E-state index contributed by atoms with van der Waals surface area (Å²) < 4.78 is 6.47. The van der Waals surface area contributed by atoms with Crippen molar-refractivity contribution in [3.8, 4) is 16.9 Å². The number of hydrogen-bond acceptors (Lipinski definition) is 3. The van der Waals surface area contributed by atoms with Gasteiger partial charge in [-0.3, -0.25) is 20.4 Å². The predicted molar refractivity (Wildman–Crippen MR) is 131 cm³/mol. The lowest BCUT2D eigenvalue weighted by molar-refractivity contribution is 0.0846. The number of hydrogen-bond donors (Lipinski definition) is 2. The Morgan fingerprint density at radius 2 is 1.41 bits per heavy atom. The average Bonchev–Trinajstić information content (AvgIpc) is 2.83. The minimum Gasteiger partial charge on any atom is -0.492 e. The Balaban J connectivity index is 1.51. The summed E-state index contributed by atoms with van der Waals surface area (Å²) in [5, 5.41) is 0. The van der Waals surface area contributed by atoms with Crippen LogP contribution < -0.4 is 15.6 Å². The number of hydrazine groups is 1. The molecular weight excluding hydrogens is 468 g/mol. The highest BCUT2D eigenvalue weighted by molar-refractivity contribution is 9.10. The van der Waals surface area contributed by atoms with E-state index in [4.69, 9.17) is 4.74 Å². The molecule has 166 valence electrons. The van der Waals surface area contributed by atoms with Crippen molar-refractivity contribution in [1.29, 1.82) is 0 Å². The van der Waals surface area contributed by atoms with E-state index in [0.29, 0.717) is 28.0 Å². The van der Waals surface area contributed by atoms with E-state index in [1.165, 1.54) is 12.8 Å². The number of carbonyl (C=O) groups is 2. The molecule has 0 aromatic heterocycles. The van der Waals surface area contributed by atoms with Crippen LogP contribution in [0.2, 0.25) is 0 Å². The third-order valence-corrected chi connectivity index (χ3v) is 5.61. The van der Waals surface area contributed by atoms with Gasteiger partial charge in [-0.1, -0.05) is 68.7 Å².